The van der Waals surface area contributed by atoms with Gasteiger partial charge in [-0.25, -0.2) is 0 Å². The van der Waals surface area contributed by atoms with E-state index in [1.807, 2.05) is 123 Å². The van der Waals surface area contributed by atoms with Crippen LogP contribution in [-0.2, 0) is 48.0 Å². The van der Waals surface area contributed by atoms with Gasteiger partial charge in [0.25, 0.3) is 0 Å². The van der Waals surface area contributed by atoms with Crippen molar-refractivity contribution < 1.29 is 28.8 Å². The number of carbonyl (C=O) groups is 6. The summed E-state index contributed by atoms with van der Waals surface area (Å²) in [5.41, 5.74) is 7.45. The summed E-state index contributed by atoms with van der Waals surface area (Å²) in [5.74, 6) is -1.34. The van der Waals surface area contributed by atoms with Gasteiger partial charge in [-0.15, -0.1) is 0 Å². The van der Waals surface area contributed by atoms with Gasteiger partial charge >= 0.3 is 0 Å². The third kappa shape index (κ3) is 14.7. The van der Waals surface area contributed by atoms with Gasteiger partial charge in [-0.3, -0.25) is 28.8 Å². The smallest absolute Gasteiger partial charge is 0.226 e. The molecule has 15 heteroatoms. The summed E-state index contributed by atoms with van der Waals surface area (Å²) in [6.45, 7) is 0.669. The fraction of sp³-hybridized carbons (Fsp3) is 0.217. The number of anilines is 3. The Kier molecular flexibility index (Phi) is 16.5. The monoisotopic (exact) mass is 874 g/mol. The zero-order valence-electron chi connectivity index (χ0n) is 33.2. The first-order valence-electron chi connectivity index (χ1n) is 19.7. The molecule has 61 heavy (non-hydrogen) atoms. The lowest BCUT2D eigenvalue weighted by Crippen LogP contribution is -2.28. The first-order chi connectivity index (χ1) is 29.7. The molecular formula is C46H46N6O6S3. The average Bonchev–Trinajstić information content (AvgIpc) is 4.06. The lowest BCUT2D eigenvalue weighted by molar-refractivity contribution is -0.122. The van der Waals surface area contributed by atoms with Crippen LogP contribution in [0.3, 0.4) is 0 Å². The quantitative estimate of drug-likeness (QED) is 0.0421. The number of hydrogen-bond donors (Lipinski definition) is 6. The third-order valence-electron chi connectivity index (χ3n) is 9.44. The number of carbonyl (C=O) groups excluding carboxylic acids is 6. The van der Waals surface area contributed by atoms with E-state index in [4.69, 9.17) is 0 Å². The first kappa shape index (κ1) is 44.1. The molecule has 0 spiro atoms. The molecular weight excluding hydrogens is 829 g/mol. The predicted molar refractivity (Wildman–Crippen MR) is 243 cm³/mol. The van der Waals surface area contributed by atoms with E-state index < -0.39 is 0 Å². The van der Waals surface area contributed by atoms with Crippen LogP contribution in [0, 0.1) is 0 Å². The summed E-state index contributed by atoms with van der Waals surface area (Å²) < 4.78 is 0. The predicted octanol–water partition coefficient (Wildman–Crippen LogP) is 7.11. The normalized spacial score (nSPS) is 10.8. The van der Waals surface area contributed by atoms with E-state index in [0.29, 0.717) is 17.1 Å². The molecule has 0 aliphatic rings. The molecule has 12 nitrogen and oxygen atoms in total. The Labute approximate surface area is 366 Å². The largest absolute Gasteiger partial charge is 0.355 e. The molecule has 0 saturated heterocycles. The highest BCUT2D eigenvalue weighted by atomic mass is 32.1. The van der Waals surface area contributed by atoms with Crippen molar-refractivity contribution in [1.29, 1.82) is 0 Å². The Balaban J connectivity index is 1.06. The topological polar surface area (TPSA) is 175 Å². The van der Waals surface area contributed by atoms with Gasteiger partial charge in [0.2, 0.25) is 35.4 Å². The summed E-state index contributed by atoms with van der Waals surface area (Å²) in [7, 11) is 0. The molecule has 0 bridgehead atoms. The maximum atomic E-state index is 12.7. The number of hydrogen-bond acceptors (Lipinski definition) is 9. The van der Waals surface area contributed by atoms with E-state index in [9.17, 15) is 28.8 Å². The van der Waals surface area contributed by atoms with E-state index in [-0.39, 0.29) is 99.5 Å². The van der Waals surface area contributed by atoms with Gasteiger partial charge in [-0.2, -0.15) is 34.0 Å². The molecule has 6 N–H and O–H groups in total. The van der Waals surface area contributed by atoms with E-state index in [0.717, 1.165) is 33.4 Å². The van der Waals surface area contributed by atoms with Gasteiger partial charge < -0.3 is 31.9 Å². The Bertz CT molecular complexity index is 2080. The third-order valence-corrected chi connectivity index (χ3v) is 11.6. The molecule has 314 valence electrons. The van der Waals surface area contributed by atoms with Crippen LogP contribution in [0.4, 0.5) is 17.1 Å². The second-order valence-corrected chi connectivity index (χ2v) is 16.5. The molecule has 0 saturated carbocycles. The SMILES string of the molecule is O=C(Cc1ccsc1)NCCC(=O)Nc1ccc(C(c2ccc(NC(=O)CCNC(=O)Cc3ccsc3)cc2)c2ccc(NC(=O)CCNC(=O)Cc3ccsc3)cc2)cc1. The van der Waals surface area contributed by atoms with E-state index in [1.165, 1.54) is 34.0 Å². The molecule has 0 unspecified atom stereocenters. The average molecular weight is 875 g/mol. The summed E-state index contributed by atoms with van der Waals surface area (Å²) in [6, 6.07) is 28.3. The van der Waals surface area contributed by atoms with Crippen molar-refractivity contribution in [2.45, 2.75) is 44.4 Å². The van der Waals surface area contributed by atoms with Gasteiger partial charge in [-0.1, -0.05) is 36.4 Å². The number of amides is 6. The van der Waals surface area contributed by atoms with Gasteiger partial charge in [-0.05, 0) is 120 Å². The van der Waals surface area contributed by atoms with E-state index >= 15 is 0 Å². The zero-order chi connectivity index (χ0) is 42.8. The minimum Gasteiger partial charge on any atom is -0.355 e. The van der Waals surface area contributed by atoms with Crippen LogP contribution in [0.5, 0.6) is 0 Å². The molecule has 0 radical (unpaired) electrons. The lowest BCUT2D eigenvalue weighted by atomic mass is 9.85. The fourth-order valence-corrected chi connectivity index (χ4v) is 8.40. The van der Waals surface area contributed by atoms with Crippen LogP contribution >= 0.6 is 34.0 Å². The molecule has 0 atom stereocenters. The Morgan fingerprint density at radius 2 is 0.656 bits per heavy atom. The van der Waals surface area contributed by atoms with Gasteiger partial charge in [0.05, 0.1) is 19.3 Å². The zero-order valence-corrected chi connectivity index (χ0v) is 35.7. The van der Waals surface area contributed by atoms with Crippen LogP contribution in [0.15, 0.2) is 123 Å². The maximum absolute atomic E-state index is 12.7. The highest BCUT2D eigenvalue weighted by Gasteiger charge is 2.18. The standard InChI is InChI=1S/C46H46N6O6S3/c53-40(13-19-47-43(56)25-31-16-22-59-28-31)50-37-7-1-34(2-8-37)46(35-3-9-38(10-4-35)51-41(54)14-20-48-44(57)26-32-17-23-60-29-32)36-5-11-39(12-6-36)52-42(55)15-21-49-45(58)27-33-18-24-61-30-33/h1-12,16-18,22-24,28-30,46H,13-15,19-21,25-27H2,(H,47,56)(H,48,57)(H,49,58)(H,50,53)(H,51,54)(H,52,55). The van der Waals surface area contributed by atoms with E-state index in [2.05, 4.69) is 31.9 Å². The van der Waals surface area contributed by atoms with Gasteiger partial charge in [0.1, 0.15) is 0 Å². The highest BCUT2D eigenvalue weighted by Crippen LogP contribution is 2.34. The molecule has 0 aliphatic heterocycles. The Hall–Kier alpha value is -6.42. The van der Waals surface area contributed by atoms with Crippen LogP contribution in [0.1, 0.15) is 58.6 Å². The molecule has 3 heterocycles. The second kappa shape index (κ2) is 22.8. The van der Waals surface area contributed by atoms with Crippen LogP contribution in [-0.4, -0.2) is 55.1 Å². The molecule has 0 fully saturated rings. The second-order valence-electron chi connectivity index (χ2n) is 14.2. The number of thiophene rings is 3. The van der Waals surface area contributed by atoms with Crippen LogP contribution in [0.25, 0.3) is 0 Å². The number of benzene rings is 3. The summed E-state index contributed by atoms with van der Waals surface area (Å²) >= 11 is 4.59. The van der Waals surface area contributed by atoms with Crippen molar-refractivity contribution in [2.24, 2.45) is 0 Å². The van der Waals surface area contributed by atoms with Crippen molar-refractivity contribution in [1.82, 2.24) is 16.0 Å². The Morgan fingerprint density at radius 3 is 0.902 bits per heavy atom. The minimum atomic E-state index is -0.255. The Morgan fingerprint density at radius 1 is 0.377 bits per heavy atom. The first-order valence-corrected chi connectivity index (χ1v) is 22.5. The maximum Gasteiger partial charge on any atom is 0.226 e. The summed E-state index contributed by atoms with van der Waals surface area (Å²) in [6.07, 6.45) is 1.20. The molecule has 6 aromatic rings. The highest BCUT2D eigenvalue weighted by molar-refractivity contribution is 7.08. The number of nitrogens with one attached hydrogen (secondary N) is 6. The molecule has 3 aromatic carbocycles. The van der Waals surface area contributed by atoms with Crippen molar-refractivity contribution in [3.05, 3.63) is 157 Å². The molecule has 0 aliphatic carbocycles. The number of rotatable bonds is 21. The van der Waals surface area contributed by atoms with Crippen molar-refractivity contribution >= 4 is 86.5 Å². The minimum absolute atomic E-state index is 0.125. The van der Waals surface area contributed by atoms with Crippen LogP contribution in [0.2, 0.25) is 0 Å². The van der Waals surface area contributed by atoms with Gasteiger partial charge in [0.15, 0.2) is 0 Å². The summed E-state index contributed by atoms with van der Waals surface area (Å²) in [5, 5.41) is 28.6. The van der Waals surface area contributed by atoms with Crippen molar-refractivity contribution in [3.63, 3.8) is 0 Å². The van der Waals surface area contributed by atoms with Crippen molar-refractivity contribution in [2.75, 3.05) is 35.6 Å². The lowest BCUT2D eigenvalue weighted by Gasteiger charge is -2.20. The molecule has 6 rings (SSSR count). The molecule has 3 aromatic heterocycles. The summed E-state index contributed by atoms with van der Waals surface area (Å²) in [4.78, 5) is 74.8. The van der Waals surface area contributed by atoms with Crippen molar-refractivity contribution in [3.8, 4) is 0 Å². The van der Waals surface area contributed by atoms with E-state index in [1.54, 1.807) is 0 Å². The fourth-order valence-electron chi connectivity index (χ4n) is 6.39. The molecule has 6 amide bonds. The van der Waals surface area contributed by atoms with Crippen LogP contribution < -0.4 is 31.9 Å². The van der Waals surface area contributed by atoms with Gasteiger partial charge in [0, 0.05) is 61.9 Å².